The van der Waals surface area contributed by atoms with Gasteiger partial charge in [0.15, 0.2) is 4.77 Å². The van der Waals surface area contributed by atoms with E-state index in [1.807, 2.05) is 23.6 Å². The Morgan fingerprint density at radius 3 is 2.44 bits per heavy atom. The monoisotopic (exact) mass is 234 g/mol. The number of hydrogen-bond donors (Lipinski definition) is 1. The lowest BCUT2D eigenvalue weighted by Gasteiger charge is -2.12. The summed E-state index contributed by atoms with van der Waals surface area (Å²) < 4.78 is 2.53. The molecule has 3 heteroatoms. The summed E-state index contributed by atoms with van der Waals surface area (Å²) in [6.07, 6.45) is 7.76. The average molecular weight is 234 g/mol. The molecule has 16 heavy (non-hydrogen) atoms. The molecular formula is C13H18N2S. The third kappa shape index (κ3) is 2.61. The molecule has 0 spiro atoms. The van der Waals surface area contributed by atoms with Crippen molar-refractivity contribution in [3.63, 3.8) is 0 Å². The minimum absolute atomic E-state index is 0.0157. The Morgan fingerprint density at radius 1 is 1.38 bits per heavy atom. The largest absolute Gasteiger partial charge is 0.331 e. The topological polar surface area (TPSA) is 20.7 Å². The van der Waals surface area contributed by atoms with Crippen molar-refractivity contribution >= 4 is 24.5 Å². The molecule has 1 N–H and O–H groups in total. The fourth-order valence-electron chi connectivity index (χ4n) is 1.30. The first-order valence-corrected chi connectivity index (χ1v) is 5.58. The maximum absolute atomic E-state index is 5.18. The number of hydrogen-bond acceptors (Lipinski definition) is 1. The number of aromatic amines is 1. The van der Waals surface area contributed by atoms with Crippen LogP contribution in [0.1, 0.15) is 25.2 Å². The van der Waals surface area contributed by atoms with Gasteiger partial charge >= 0.3 is 0 Å². The standard InChI is InChI=1S/C13H18N2S/c1-6-13(4,5)9-8-11-10(3)15(7-2)12(16)14-11/h6-9H,1-2H2,3-5H3,(H,14,16)/b9-8-. The highest BCUT2D eigenvalue weighted by Crippen LogP contribution is 2.20. The summed E-state index contributed by atoms with van der Waals surface area (Å²) in [6.45, 7) is 13.7. The minimum Gasteiger partial charge on any atom is -0.331 e. The predicted octanol–water partition coefficient (Wildman–Crippen LogP) is 4.18. The Morgan fingerprint density at radius 2 is 2.00 bits per heavy atom. The molecule has 1 aromatic heterocycles. The molecule has 1 rings (SSSR count). The van der Waals surface area contributed by atoms with Crippen LogP contribution < -0.4 is 0 Å². The molecule has 86 valence electrons. The fraction of sp³-hybridized carbons (Fsp3) is 0.308. The van der Waals surface area contributed by atoms with Gasteiger partial charge in [-0.2, -0.15) is 0 Å². The number of H-pyrrole nitrogens is 1. The molecule has 2 nitrogen and oxygen atoms in total. The molecule has 0 aliphatic carbocycles. The van der Waals surface area contributed by atoms with E-state index in [4.69, 9.17) is 12.2 Å². The molecule has 1 aromatic rings. The second-order valence-corrected chi connectivity index (χ2v) is 4.73. The lowest BCUT2D eigenvalue weighted by Crippen LogP contribution is -2.00. The van der Waals surface area contributed by atoms with Crippen LogP contribution in [-0.4, -0.2) is 9.55 Å². The van der Waals surface area contributed by atoms with Gasteiger partial charge in [0.05, 0.1) is 5.69 Å². The van der Waals surface area contributed by atoms with E-state index in [1.165, 1.54) is 0 Å². The number of nitrogens with one attached hydrogen (secondary N) is 1. The van der Waals surface area contributed by atoms with Crippen molar-refractivity contribution in [2.75, 3.05) is 0 Å². The predicted molar refractivity (Wildman–Crippen MR) is 73.8 cm³/mol. The maximum Gasteiger partial charge on any atom is 0.181 e. The molecule has 0 fully saturated rings. The lowest BCUT2D eigenvalue weighted by atomic mass is 9.93. The van der Waals surface area contributed by atoms with Crippen LogP contribution in [0.5, 0.6) is 0 Å². The average Bonchev–Trinajstić information content (AvgIpc) is 2.51. The quantitative estimate of drug-likeness (QED) is 0.612. The van der Waals surface area contributed by atoms with E-state index in [9.17, 15) is 0 Å². The SMILES string of the molecule is C=Cn1c(C)c(/C=C\C(C)(C)C=C)[nH]c1=S. The Bertz CT molecular complexity index is 487. The second kappa shape index (κ2) is 4.66. The van der Waals surface area contributed by atoms with Crippen molar-refractivity contribution in [2.45, 2.75) is 20.8 Å². The van der Waals surface area contributed by atoms with E-state index in [-0.39, 0.29) is 5.41 Å². The number of rotatable bonds is 4. The van der Waals surface area contributed by atoms with E-state index >= 15 is 0 Å². The summed E-state index contributed by atoms with van der Waals surface area (Å²) in [5, 5.41) is 0. The van der Waals surface area contributed by atoms with Crippen molar-refractivity contribution in [2.24, 2.45) is 5.41 Å². The summed E-state index contributed by atoms with van der Waals surface area (Å²) in [6, 6.07) is 0. The van der Waals surface area contributed by atoms with Gasteiger partial charge in [-0.3, -0.25) is 4.57 Å². The first-order chi connectivity index (χ1) is 7.41. The smallest absolute Gasteiger partial charge is 0.181 e. The van der Waals surface area contributed by atoms with Crippen LogP contribution in [0.3, 0.4) is 0 Å². The first-order valence-electron chi connectivity index (χ1n) is 5.18. The maximum atomic E-state index is 5.18. The Balaban J connectivity index is 3.13. The highest BCUT2D eigenvalue weighted by Gasteiger charge is 2.08. The van der Waals surface area contributed by atoms with Crippen molar-refractivity contribution in [1.29, 1.82) is 0 Å². The fourth-order valence-corrected chi connectivity index (χ4v) is 1.62. The van der Waals surface area contributed by atoms with Gasteiger partial charge in [0.25, 0.3) is 0 Å². The Hall–Kier alpha value is -1.35. The Labute approximate surface area is 102 Å². The summed E-state index contributed by atoms with van der Waals surface area (Å²) in [7, 11) is 0. The lowest BCUT2D eigenvalue weighted by molar-refractivity contribution is 0.631. The molecule has 0 aliphatic rings. The van der Waals surface area contributed by atoms with Gasteiger partial charge in [0.2, 0.25) is 0 Å². The number of imidazole rings is 1. The molecule has 0 radical (unpaired) electrons. The van der Waals surface area contributed by atoms with Crippen LogP contribution in [0, 0.1) is 17.1 Å². The van der Waals surface area contributed by atoms with Crippen molar-refractivity contribution < 1.29 is 0 Å². The molecule has 0 aliphatic heterocycles. The Kier molecular flexibility index (Phi) is 3.70. The zero-order chi connectivity index (χ0) is 12.3. The highest BCUT2D eigenvalue weighted by molar-refractivity contribution is 7.71. The number of aromatic nitrogens is 2. The van der Waals surface area contributed by atoms with Gasteiger partial charge in [0, 0.05) is 17.3 Å². The second-order valence-electron chi connectivity index (χ2n) is 4.34. The van der Waals surface area contributed by atoms with E-state index in [1.54, 1.807) is 6.20 Å². The van der Waals surface area contributed by atoms with Crippen LogP contribution in [0.25, 0.3) is 12.3 Å². The van der Waals surface area contributed by atoms with Crippen LogP contribution in [-0.2, 0) is 0 Å². The summed E-state index contributed by atoms with van der Waals surface area (Å²) in [4.78, 5) is 3.15. The van der Waals surface area contributed by atoms with Crippen LogP contribution in [0.15, 0.2) is 25.3 Å². The third-order valence-electron chi connectivity index (χ3n) is 2.60. The summed E-state index contributed by atoms with van der Waals surface area (Å²) in [5.74, 6) is 0. The molecule has 0 atom stereocenters. The van der Waals surface area contributed by atoms with Gasteiger partial charge in [-0.1, -0.05) is 32.6 Å². The molecule has 0 aromatic carbocycles. The van der Waals surface area contributed by atoms with E-state index in [2.05, 4.69) is 38.1 Å². The van der Waals surface area contributed by atoms with E-state index < -0.39 is 0 Å². The third-order valence-corrected chi connectivity index (χ3v) is 2.90. The molecule has 0 bridgehead atoms. The van der Waals surface area contributed by atoms with Crippen LogP contribution in [0.2, 0.25) is 0 Å². The minimum atomic E-state index is -0.0157. The van der Waals surface area contributed by atoms with Gasteiger partial charge in [0.1, 0.15) is 0 Å². The normalized spacial score (nSPS) is 11.9. The molecule has 0 saturated carbocycles. The highest BCUT2D eigenvalue weighted by atomic mass is 32.1. The van der Waals surface area contributed by atoms with Crippen molar-refractivity contribution in [3.05, 3.63) is 41.5 Å². The van der Waals surface area contributed by atoms with E-state index in [0.29, 0.717) is 4.77 Å². The van der Waals surface area contributed by atoms with Crippen molar-refractivity contribution in [1.82, 2.24) is 9.55 Å². The summed E-state index contributed by atoms with van der Waals surface area (Å²) in [5.41, 5.74) is 2.06. The van der Waals surface area contributed by atoms with Gasteiger partial charge in [-0.15, -0.1) is 6.58 Å². The molecule has 1 heterocycles. The van der Waals surface area contributed by atoms with Crippen LogP contribution in [0.4, 0.5) is 0 Å². The zero-order valence-corrected chi connectivity index (χ0v) is 10.9. The summed E-state index contributed by atoms with van der Waals surface area (Å²) >= 11 is 5.18. The number of allylic oxidation sites excluding steroid dienone is 2. The molecule has 0 saturated heterocycles. The molecular weight excluding hydrogens is 216 g/mol. The van der Waals surface area contributed by atoms with Gasteiger partial charge in [-0.05, 0) is 25.2 Å². The zero-order valence-electron chi connectivity index (χ0n) is 10.1. The van der Waals surface area contributed by atoms with Crippen LogP contribution >= 0.6 is 12.2 Å². The molecule has 0 amide bonds. The van der Waals surface area contributed by atoms with E-state index in [0.717, 1.165) is 11.4 Å². The van der Waals surface area contributed by atoms with Crippen molar-refractivity contribution in [3.8, 4) is 0 Å². The van der Waals surface area contributed by atoms with Gasteiger partial charge in [-0.25, -0.2) is 0 Å². The molecule has 0 unspecified atom stereocenters. The van der Waals surface area contributed by atoms with Gasteiger partial charge < -0.3 is 4.98 Å². The first kappa shape index (κ1) is 12.7. The number of nitrogens with zero attached hydrogens (tertiary/aromatic N) is 1.